The Bertz CT molecular complexity index is 1060. The summed E-state index contributed by atoms with van der Waals surface area (Å²) in [5, 5.41) is 31.9. The molecular formula is C20H19N4O4S-. The average Bonchev–Trinajstić information content (AvgIpc) is 2.64. The van der Waals surface area contributed by atoms with E-state index in [1.54, 1.807) is 13.0 Å². The summed E-state index contributed by atoms with van der Waals surface area (Å²) in [4.78, 5) is 23.5. The molecule has 9 heteroatoms. The molecule has 3 rings (SSSR count). The van der Waals surface area contributed by atoms with E-state index in [-0.39, 0.29) is 11.0 Å². The highest BCUT2D eigenvalue weighted by Gasteiger charge is 2.31. The molecule has 2 aromatic rings. The van der Waals surface area contributed by atoms with Crippen molar-refractivity contribution in [1.29, 1.82) is 0 Å². The molecule has 1 heterocycles. The van der Waals surface area contributed by atoms with Gasteiger partial charge in [-0.2, -0.15) is 0 Å². The van der Waals surface area contributed by atoms with Gasteiger partial charge < -0.3 is 21.1 Å². The van der Waals surface area contributed by atoms with Crippen LogP contribution in [0.3, 0.4) is 0 Å². The minimum absolute atomic E-state index is 0.282. The van der Waals surface area contributed by atoms with Gasteiger partial charge in [-0.15, -0.1) is 0 Å². The molecule has 0 aliphatic carbocycles. The third kappa shape index (κ3) is 4.19. The van der Waals surface area contributed by atoms with Gasteiger partial charge in [0.1, 0.15) is 0 Å². The molecule has 8 nitrogen and oxygen atoms in total. The summed E-state index contributed by atoms with van der Waals surface area (Å²) in [5.41, 5.74) is 3.45. The van der Waals surface area contributed by atoms with E-state index < -0.39 is 22.4 Å². The molecule has 0 aromatic heterocycles. The zero-order valence-corrected chi connectivity index (χ0v) is 16.8. The van der Waals surface area contributed by atoms with E-state index in [9.17, 15) is 20.0 Å². The number of hydrogen-bond acceptors (Lipinski definition) is 5. The first-order valence-corrected chi connectivity index (χ1v) is 9.20. The SMILES string of the molecule is CC1=C(C(=O)Nc2ccc(C)c(C)c2)[C@@H](c2ccc([O-])c([N+](=O)[O-])c2)NC(=S)N1. The van der Waals surface area contributed by atoms with Gasteiger partial charge in [0, 0.05) is 17.5 Å². The highest BCUT2D eigenvalue weighted by Crippen LogP contribution is 2.32. The van der Waals surface area contributed by atoms with Crippen LogP contribution in [0.2, 0.25) is 0 Å². The molecule has 0 unspecified atom stereocenters. The number of benzene rings is 2. The number of aryl methyl sites for hydroxylation is 2. The van der Waals surface area contributed by atoms with Crippen molar-refractivity contribution in [2.75, 3.05) is 5.32 Å². The van der Waals surface area contributed by atoms with Gasteiger partial charge in [-0.3, -0.25) is 14.9 Å². The number of rotatable bonds is 4. The summed E-state index contributed by atoms with van der Waals surface area (Å²) < 4.78 is 0. The Labute approximate surface area is 172 Å². The first kappa shape index (κ1) is 20.3. The number of nitrogens with zero attached hydrogens (tertiary/aromatic N) is 1. The van der Waals surface area contributed by atoms with Crippen LogP contribution in [0.25, 0.3) is 0 Å². The lowest BCUT2D eigenvalue weighted by Crippen LogP contribution is -2.45. The molecule has 1 atom stereocenters. The lowest BCUT2D eigenvalue weighted by Gasteiger charge is -2.30. The van der Waals surface area contributed by atoms with Gasteiger partial charge >= 0.3 is 0 Å². The summed E-state index contributed by atoms with van der Waals surface area (Å²) in [5.74, 6) is -1.08. The summed E-state index contributed by atoms with van der Waals surface area (Å²) in [6.07, 6.45) is 0. The predicted octanol–water partition coefficient (Wildman–Crippen LogP) is 2.72. The zero-order chi connectivity index (χ0) is 21.3. The predicted molar refractivity (Wildman–Crippen MR) is 111 cm³/mol. The minimum atomic E-state index is -0.741. The van der Waals surface area contributed by atoms with Gasteiger partial charge in [-0.1, -0.05) is 18.2 Å². The van der Waals surface area contributed by atoms with Crippen LogP contribution < -0.4 is 21.1 Å². The van der Waals surface area contributed by atoms with Crippen molar-refractivity contribution in [3.8, 4) is 5.75 Å². The van der Waals surface area contributed by atoms with Crippen LogP contribution in [-0.2, 0) is 4.79 Å². The lowest BCUT2D eigenvalue weighted by molar-refractivity contribution is -0.398. The fourth-order valence-electron chi connectivity index (χ4n) is 3.12. The summed E-state index contributed by atoms with van der Waals surface area (Å²) in [7, 11) is 0. The Morgan fingerprint density at radius 2 is 1.86 bits per heavy atom. The summed E-state index contributed by atoms with van der Waals surface area (Å²) >= 11 is 5.19. The van der Waals surface area contributed by atoms with Gasteiger partial charge in [0.2, 0.25) is 0 Å². The molecule has 0 bridgehead atoms. The second-order valence-electron chi connectivity index (χ2n) is 6.81. The molecule has 1 aliphatic rings. The van der Waals surface area contributed by atoms with E-state index in [0.29, 0.717) is 22.5 Å². The maximum Gasteiger partial charge on any atom is 0.262 e. The number of thiocarbonyl (C=S) groups is 1. The Hall–Kier alpha value is -3.46. The van der Waals surface area contributed by atoms with Crippen LogP contribution in [0.5, 0.6) is 5.75 Å². The van der Waals surface area contributed by atoms with E-state index in [0.717, 1.165) is 17.2 Å². The monoisotopic (exact) mass is 411 g/mol. The second-order valence-corrected chi connectivity index (χ2v) is 7.22. The Kier molecular flexibility index (Phi) is 5.51. The van der Waals surface area contributed by atoms with Crippen molar-refractivity contribution in [2.24, 2.45) is 0 Å². The highest BCUT2D eigenvalue weighted by atomic mass is 32.1. The summed E-state index contributed by atoms with van der Waals surface area (Å²) in [6.45, 7) is 5.63. The first-order valence-electron chi connectivity index (χ1n) is 8.79. The van der Waals surface area contributed by atoms with Gasteiger partial charge in [0.15, 0.2) is 5.11 Å². The van der Waals surface area contributed by atoms with Crippen LogP contribution >= 0.6 is 12.2 Å². The molecule has 2 aromatic carbocycles. The molecule has 3 N–H and O–H groups in total. The van der Waals surface area contributed by atoms with Gasteiger partial charge in [-0.25, -0.2) is 0 Å². The fourth-order valence-corrected chi connectivity index (χ4v) is 3.39. The van der Waals surface area contributed by atoms with E-state index in [2.05, 4.69) is 16.0 Å². The Morgan fingerprint density at radius 3 is 2.52 bits per heavy atom. The minimum Gasteiger partial charge on any atom is -0.868 e. The number of nitro groups is 1. The van der Waals surface area contributed by atoms with Gasteiger partial charge in [-0.05, 0) is 67.6 Å². The van der Waals surface area contributed by atoms with E-state index in [1.165, 1.54) is 12.1 Å². The fraction of sp³-hybridized carbons (Fsp3) is 0.200. The van der Waals surface area contributed by atoms with Crippen LogP contribution in [0.1, 0.15) is 29.7 Å². The van der Waals surface area contributed by atoms with Crippen molar-refractivity contribution >= 4 is 34.6 Å². The lowest BCUT2D eigenvalue weighted by atomic mass is 9.94. The molecular weight excluding hydrogens is 392 g/mol. The molecule has 29 heavy (non-hydrogen) atoms. The normalized spacial score (nSPS) is 16.1. The maximum atomic E-state index is 13.1. The number of nitro benzene ring substituents is 1. The topological polar surface area (TPSA) is 119 Å². The number of amides is 1. The smallest absolute Gasteiger partial charge is 0.262 e. The molecule has 1 aliphatic heterocycles. The number of carbonyl (C=O) groups is 1. The standard InChI is InChI=1S/C20H20N4O4S/c1-10-4-6-14(8-11(10)2)22-19(26)17-12(3)21-20(29)23-18(17)13-5-7-16(25)15(9-13)24(27)28/h4-9,18,25H,1-3H3,(H,22,26)(H2,21,23,29)/p-1/t18-/m1/s1. The number of allylic oxidation sites excluding steroid dienone is 1. The Morgan fingerprint density at radius 1 is 1.14 bits per heavy atom. The average molecular weight is 411 g/mol. The third-order valence-corrected chi connectivity index (χ3v) is 5.01. The van der Waals surface area contributed by atoms with E-state index in [4.69, 9.17) is 12.2 Å². The van der Waals surface area contributed by atoms with Crippen molar-refractivity contribution in [1.82, 2.24) is 10.6 Å². The Balaban J connectivity index is 2.00. The third-order valence-electron chi connectivity index (χ3n) is 4.79. The van der Waals surface area contributed by atoms with Crippen LogP contribution in [0, 0.1) is 24.0 Å². The number of anilines is 1. The summed E-state index contributed by atoms with van der Waals surface area (Å²) in [6, 6.07) is 8.58. The van der Waals surface area contributed by atoms with Gasteiger partial charge in [0.25, 0.3) is 11.6 Å². The van der Waals surface area contributed by atoms with Gasteiger partial charge in [0.05, 0.1) is 16.5 Å². The molecule has 0 saturated carbocycles. The molecule has 0 fully saturated rings. The highest BCUT2D eigenvalue weighted by molar-refractivity contribution is 7.80. The van der Waals surface area contributed by atoms with Crippen molar-refractivity contribution in [3.05, 3.63) is 74.5 Å². The molecule has 1 amide bonds. The molecule has 0 saturated heterocycles. The molecule has 0 spiro atoms. The number of carbonyl (C=O) groups excluding carboxylic acids is 1. The number of nitrogens with one attached hydrogen (secondary N) is 3. The molecule has 150 valence electrons. The first-order chi connectivity index (χ1) is 13.7. The van der Waals surface area contributed by atoms with E-state index >= 15 is 0 Å². The van der Waals surface area contributed by atoms with Crippen molar-refractivity contribution < 1.29 is 14.8 Å². The van der Waals surface area contributed by atoms with Crippen molar-refractivity contribution in [3.63, 3.8) is 0 Å². The van der Waals surface area contributed by atoms with Crippen LogP contribution in [-0.4, -0.2) is 15.9 Å². The van der Waals surface area contributed by atoms with Crippen LogP contribution in [0.4, 0.5) is 11.4 Å². The van der Waals surface area contributed by atoms with Crippen molar-refractivity contribution in [2.45, 2.75) is 26.8 Å². The zero-order valence-electron chi connectivity index (χ0n) is 16.0. The maximum absolute atomic E-state index is 13.1. The molecule has 0 radical (unpaired) electrons. The largest absolute Gasteiger partial charge is 0.868 e. The van der Waals surface area contributed by atoms with E-state index in [1.807, 2.05) is 26.0 Å². The van der Waals surface area contributed by atoms with Crippen LogP contribution in [0.15, 0.2) is 47.7 Å². The quantitative estimate of drug-likeness (QED) is 0.402. The second kappa shape index (κ2) is 7.88. The number of hydrogen-bond donors (Lipinski definition) is 3.